The maximum atomic E-state index is 13.4. The van der Waals surface area contributed by atoms with Crippen LogP contribution in [0.15, 0.2) is 28.9 Å². The molecule has 98 valence electrons. The van der Waals surface area contributed by atoms with Gasteiger partial charge in [-0.1, -0.05) is 6.92 Å². The summed E-state index contributed by atoms with van der Waals surface area (Å²) in [5.74, 6) is -1.18. The van der Waals surface area contributed by atoms with Crippen LogP contribution < -0.4 is 0 Å². The van der Waals surface area contributed by atoms with E-state index in [4.69, 9.17) is 5.11 Å². The number of carboxylic acid groups (broad SMARTS) is 1. The van der Waals surface area contributed by atoms with E-state index in [2.05, 4.69) is 25.9 Å². The SMILES string of the molecule is CCc1nc(Br)cc(-c2cc(F)cc(C(=O)O)c2)n1. The van der Waals surface area contributed by atoms with Gasteiger partial charge in [0.25, 0.3) is 0 Å². The number of rotatable bonds is 3. The molecule has 1 heterocycles. The first-order valence-corrected chi connectivity index (χ1v) is 6.36. The fourth-order valence-electron chi connectivity index (χ4n) is 1.63. The highest BCUT2D eigenvalue weighted by molar-refractivity contribution is 9.10. The molecule has 0 spiro atoms. The number of hydrogen-bond donors (Lipinski definition) is 1. The lowest BCUT2D eigenvalue weighted by molar-refractivity contribution is 0.0696. The van der Waals surface area contributed by atoms with Crippen molar-refractivity contribution in [1.82, 2.24) is 9.97 Å². The van der Waals surface area contributed by atoms with E-state index < -0.39 is 11.8 Å². The number of benzene rings is 1. The van der Waals surface area contributed by atoms with Gasteiger partial charge in [0.1, 0.15) is 16.2 Å². The van der Waals surface area contributed by atoms with E-state index in [9.17, 15) is 9.18 Å². The van der Waals surface area contributed by atoms with Gasteiger partial charge in [-0.3, -0.25) is 0 Å². The molecule has 4 nitrogen and oxygen atoms in total. The second-order valence-electron chi connectivity index (χ2n) is 3.88. The maximum absolute atomic E-state index is 13.4. The average Bonchev–Trinajstić information content (AvgIpc) is 2.37. The van der Waals surface area contributed by atoms with E-state index in [1.54, 1.807) is 6.07 Å². The minimum Gasteiger partial charge on any atom is -0.478 e. The zero-order valence-corrected chi connectivity index (χ0v) is 11.6. The molecule has 2 rings (SSSR count). The molecule has 0 amide bonds. The molecule has 0 saturated heterocycles. The fourth-order valence-corrected chi connectivity index (χ4v) is 2.05. The van der Waals surface area contributed by atoms with E-state index in [1.165, 1.54) is 12.1 Å². The van der Waals surface area contributed by atoms with Crippen molar-refractivity contribution in [3.8, 4) is 11.3 Å². The molecule has 0 radical (unpaired) electrons. The van der Waals surface area contributed by atoms with Crippen LogP contribution >= 0.6 is 15.9 Å². The summed E-state index contributed by atoms with van der Waals surface area (Å²) in [6, 6.07) is 5.24. The number of aromatic carboxylic acids is 1. The minimum atomic E-state index is -1.18. The smallest absolute Gasteiger partial charge is 0.335 e. The third-order valence-corrected chi connectivity index (χ3v) is 2.90. The van der Waals surface area contributed by atoms with Crippen molar-refractivity contribution in [2.24, 2.45) is 0 Å². The normalized spacial score (nSPS) is 10.5. The Morgan fingerprint density at radius 2 is 2.05 bits per heavy atom. The molecular weight excluding hydrogens is 315 g/mol. The van der Waals surface area contributed by atoms with E-state index in [-0.39, 0.29) is 5.56 Å². The van der Waals surface area contributed by atoms with Gasteiger partial charge < -0.3 is 5.11 Å². The molecule has 2 aromatic rings. The lowest BCUT2D eigenvalue weighted by Crippen LogP contribution is -2.00. The standard InChI is InChI=1S/C13H10BrFN2O2/c1-2-12-16-10(6-11(14)17-12)7-3-8(13(18)19)5-9(15)4-7/h3-6H,2H2,1H3,(H,18,19). The van der Waals surface area contributed by atoms with Crippen molar-refractivity contribution in [3.63, 3.8) is 0 Å². The number of aromatic nitrogens is 2. The summed E-state index contributed by atoms with van der Waals surface area (Å²) in [7, 11) is 0. The molecule has 0 atom stereocenters. The Kier molecular flexibility index (Phi) is 3.90. The molecule has 0 aliphatic rings. The quantitative estimate of drug-likeness (QED) is 0.880. The van der Waals surface area contributed by atoms with Crippen LogP contribution in [0.5, 0.6) is 0 Å². The third kappa shape index (κ3) is 3.14. The third-order valence-electron chi connectivity index (χ3n) is 2.50. The molecule has 0 aliphatic carbocycles. The molecule has 1 aromatic carbocycles. The number of aryl methyl sites for hydroxylation is 1. The minimum absolute atomic E-state index is 0.109. The van der Waals surface area contributed by atoms with Gasteiger partial charge in [0.15, 0.2) is 0 Å². The summed E-state index contributed by atoms with van der Waals surface area (Å²) in [6.07, 6.45) is 0.632. The zero-order chi connectivity index (χ0) is 14.0. The molecule has 0 fully saturated rings. The predicted molar refractivity (Wildman–Crippen MR) is 71.5 cm³/mol. The van der Waals surface area contributed by atoms with Crippen molar-refractivity contribution in [1.29, 1.82) is 0 Å². The molecule has 1 N–H and O–H groups in total. The maximum Gasteiger partial charge on any atom is 0.335 e. The molecule has 0 saturated carbocycles. The fraction of sp³-hybridized carbons (Fsp3) is 0.154. The molecule has 0 aliphatic heterocycles. The Labute approximate surface area is 117 Å². The molecule has 1 aromatic heterocycles. The van der Waals surface area contributed by atoms with Gasteiger partial charge in [0.2, 0.25) is 0 Å². The Bertz CT molecular complexity index is 647. The van der Waals surface area contributed by atoms with E-state index in [1.807, 2.05) is 6.92 Å². The number of halogens is 2. The van der Waals surface area contributed by atoms with Crippen LogP contribution in [-0.4, -0.2) is 21.0 Å². The molecule has 19 heavy (non-hydrogen) atoms. The summed E-state index contributed by atoms with van der Waals surface area (Å²) in [5.41, 5.74) is 0.790. The Morgan fingerprint density at radius 1 is 1.32 bits per heavy atom. The van der Waals surface area contributed by atoms with Gasteiger partial charge >= 0.3 is 5.97 Å². The van der Waals surface area contributed by atoms with Crippen LogP contribution in [0.4, 0.5) is 4.39 Å². The summed E-state index contributed by atoms with van der Waals surface area (Å²) in [6.45, 7) is 1.90. The highest BCUT2D eigenvalue weighted by Crippen LogP contribution is 2.23. The summed E-state index contributed by atoms with van der Waals surface area (Å²) < 4.78 is 14.0. The van der Waals surface area contributed by atoms with Gasteiger partial charge in [-0.15, -0.1) is 0 Å². The Hall–Kier alpha value is -1.82. The van der Waals surface area contributed by atoms with Crippen molar-refractivity contribution >= 4 is 21.9 Å². The van der Waals surface area contributed by atoms with Gasteiger partial charge in [-0.05, 0) is 40.2 Å². The Balaban J connectivity index is 2.58. The largest absolute Gasteiger partial charge is 0.478 e. The Morgan fingerprint density at radius 3 is 2.68 bits per heavy atom. The summed E-state index contributed by atoms with van der Waals surface area (Å²) >= 11 is 3.26. The van der Waals surface area contributed by atoms with E-state index >= 15 is 0 Å². The van der Waals surface area contributed by atoms with Crippen LogP contribution in [0, 0.1) is 5.82 Å². The summed E-state index contributed by atoms with van der Waals surface area (Å²) in [5, 5.41) is 8.93. The van der Waals surface area contributed by atoms with Crippen LogP contribution in [0.2, 0.25) is 0 Å². The van der Waals surface area contributed by atoms with Crippen molar-refractivity contribution < 1.29 is 14.3 Å². The van der Waals surface area contributed by atoms with Crippen LogP contribution in [0.25, 0.3) is 11.3 Å². The first-order valence-electron chi connectivity index (χ1n) is 5.57. The predicted octanol–water partition coefficient (Wildman–Crippen LogP) is 3.31. The second kappa shape index (κ2) is 5.44. The monoisotopic (exact) mass is 324 g/mol. The van der Waals surface area contributed by atoms with Crippen LogP contribution in [0.1, 0.15) is 23.1 Å². The number of carboxylic acids is 1. The molecular formula is C13H10BrFN2O2. The number of hydrogen-bond acceptors (Lipinski definition) is 3. The zero-order valence-electron chi connectivity index (χ0n) is 10.0. The van der Waals surface area contributed by atoms with Gasteiger partial charge in [-0.2, -0.15) is 0 Å². The van der Waals surface area contributed by atoms with Crippen molar-refractivity contribution in [3.05, 3.63) is 46.1 Å². The highest BCUT2D eigenvalue weighted by Gasteiger charge is 2.11. The van der Waals surface area contributed by atoms with E-state index in [0.29, 0.717) is 28.1 Å². The topological polar surface area (TPSA) is 63.1 Å². The van der Waals surface area contributed by atoms with Crippen molar-refractivity contribution in [2.75, 3.05) is 0 Å². The summed E-state index contributed by atoms with van der Waals surface area (Å²) in [4.78, 5) is 19.3. The lowest BCUT2D eigenvalue weighted by atomic mass is 10.1. The lowest BCUT2D eigenvalue weighted by Gasteiger charge is -2.05. The molecule has 0 unspecified atom stereocenters. The number of carbonyl (C=O) groups is 1. The van der Waals surface area contributed by atoms with Crippen LogP contribution in [0.3, 0.4) is 0 Å². The van der Waals surface area contributed by atoms with Gasteiger partial charge in [0.05, 0.1) is 11.3 Å². The van der Waals surface area contributed by atoms with E-state index in [0.717, 1.165) is 6.07 Å². The van der Waals surface area contributed by atoms with Gasteiger partial charge in [0, 0.05) is 12.0 Å². The highest BCUT2D eigenvalue weighted by atomic mass is 79.9. The number of nitrogens with zero attached hydrogens (tertiary/aromatic N) is 2. The molecule has 0 bridgehead atoms. The van der Waals surface area contributed by atoms with Gasteiger partial charge in [-0.25, -0.2) is 19.2 Å². The average molecular weight is 325 g/mol. The van der Waals surface area contributed by atoms with Crippen molar-refractivity contribution in [2.45, 2.75) is 13.3 Å². The van der Waals surface area contributed by atoms with Crippen LogP contribution in [-0.2, 0) is 6.42 Å². The second-order valence-corrected chi connectivity index (χ2v) is 4.69. The first kappa shape index (κ1) is 13.6. The first-order chi connectivity index (χ1) is 8.99. The molecule has 6 heteroatoms.